The van der Waals surface area contributed by atoms with Crippen molar-refractivity contribution in [2.45, 2.75) is 50.1 Å². The van der Waals surface area contributed by atoms with Crippen LogP contribution < -0.4 is 11.5 Å². The van der Waals surface area contributed by atoms with Crippen molar-refractivity contribution in [3.05, 3.63) is 0 Å². The van der Waals surface area contributed by atoms with E-state index in [4.69, 9.17) is 11.5 Å². The first kappa shape index (κ1) is 9.68. The molecule has 2 fully saturated rings. The van der Waals surface area contributed by atoms with E-state index < -0.39 is 8.07 Å². The molecule has 2 saturated heterocycles. The van der Waals surface area contributed by atoms with Gasteiger partial charge in [-0.05, 0) is 23.9 Å². The van der Waals surface area contributed by atoms with Crippen LogP contribution in [0.25, 0.3) is 0 Å². The lowest BCUT2D eigenvalue weighted by molar-refractivity contribution is 0.558. The van der Waals surface area contributed by atoms with Crippen molar-refractivity contribution in [1.29, 1.82) is 0 Å². The zero-order valence-corrected chi connectivity index (χ0v) is 9.79. The lowest BCUT2D eigenvalue weighted by Crippen LogP contribution is -2.31. The molecule has 2 rings (SSSR count). The van der Waals surface area contributed by atoms with Gasteiger partial charge in [-0.25, -0.2) is 0 Å². The Morgan fingerprint density at radius 3 is 1.46 bits per heavy atom. The predicted octanol–water partition coefficient (Wildman–Crippen LogP) is 1.39. The van der Waals surface area contributed by atoms with E-state index in [0.29, 0.717) is 12.1 Å². The fourth-order valence-electron chi connectivity index (χ4n) is 3.57. The minimum absolute atomic E-state index is 0.490. The number of nitrogens with two attached hydrogens (primary N) is 2. The average molecular weight is 198 g/mol. The monoisotopic (exact) mass is 198 g/mol. The van der Waals surface area contributed by atoms with Gasteiger partial charge in [0.2, 0.25) is 0 Å². The number of hydrogen-bond donors (Lipinski definition) is 2. The molecule has 4 atom stereocenters. The highest BCUT2D eigenvalue weighted by molar-refractivity contribution is 6.81. The SMILES string of the molecule is CC1C[Si]2(CC(C)C(N)C2)CC1N. The normalized spacial score (nSPS) is 56.3. The first-order chi connectivity index (χ1) is 6.02. The van der Waals surface area contributed by atoms with Crippen LogP contribution in [0, 0.1) is 11.8 Å². The van der Waals surface area contributed by atoms with Gasteiger partial charge in [0.25, 0.3) is 0 Å². The maximum Gasteiger partial charge on any atom is 0.0572 e. The summed E-state index contributed by atoms with van der Waals surface area (Å²) in [6.07, 6.45) is 0. The van der Waals surface area contributed by atoms with E-state index >= 15 is 0 Å². The zero-order valence-electron chi connectivity index (χ0n) is 8.79. The molecule has 0 aliphatic carbocycles. The summed E-state index contributed by atoms with van der Waals surface area (Å²) in [6, 6.07) is 6.59. The summed E-state index contributed by atoms with van der Waals surface area (Å²) in [5, 5.41) is 0. The van der Waals surface area contributed by atoms with Gasteiger partial charge in [0.1, 0.15) is 0 Å². The number of hydrogen-bond acceptors (Lipinski definition) is 2. The average Bonchev–Trinajstić information content (AvgIpc) is 2.39. The molecule has 3 heteroatoms. The molecule has 2 aliphatic heterocycles. The van der Waals surface area contributed by atoms with Gasteiger partial charge in [0, 0.05) is 12.1 Å². The quantitative estimate of drug-likeness (QED) is 0.578. The molecule has 1 spiro atoms. The lowest BCUT2D eigenvalue weighted by Gasteiger charge is -2.19. The summed E-state index contributed by atoms with van der Waals surface area (Å²) < 4.78 is 0. The minimum atomic E-state index is -0.971. The van der Waals surface area contributed by atoms with Gasteiger partial charge in [-0.1, -0.05) is 25.9 Å². The zero-order chi connectivity index (χ0) is 9.64. The van der Waals surface area contributed by atoms with Gasteiger partial charge in [0.05, 0.1) is 8.07 Å². The summed E-state index contributed by atoms with van der Waals surface area (Å²) in [6.45, 7) is 4.64. The van der Waals surface area contributed by atoms with Crippen LogP contribution in [-0.4, -0.2) is 20.2 Å². The molecule has 2 nitrogen and oxygen atoms in total. The summed E-state index contributed by atoms with van der Waals surface area (Å²) in [5.41, 5.74) is 12.2. The van der Waals surface area contributed by atoms with Crippen LogP contribution in [0.4, 0.5) is 0 Å². The molecule has 0 aromatic heterocycles. The van der Waals surface area contributed by atoms with Crippen molar-refractivity contribution >= 4 is 8.07 Å². The fraction of sp³-hybridized carbons (Fsp3) is 1.00. The molecular formula is C10H22N2Si. The summed E-state index contributed by atoms with van der Waals surface area (Å²) in [4.78, 5) is 0. The van der Waals surface area contributed by atoms with Crippen molar-refractivity contribution in [2.75, 3.05) is 0 Å². The molecule has 0 radical (unpaired) electrons. The predicted molar refractivity (Wildman–Crippen MR) is 59.3 cm³/mol. The third kappa shape index (κ3) is 1.58. The third-order valence-corrected chi connectivity index (χ3v) is 10.0. The minimum Gasteiger partial charge on any atom is -0.328 e. The van der Waals surface area contributed by atoms with Gasteiger partial charge in [-0.2, -0.15) is 0 Å². The molecule has 13 heavy (non-hydrogen) atoms. The Kier molecular flexibility index (Phi) is 2.29. The van der Waals surface area contributed by atoms with E-state index in [2.05, 4.69) is 13.8 Å². The summed E-state index contributed by atoms with van der Waals surface area (Å²) >= 11 is 0. The van der Waals surface area contributed by atoms with E-state index in [1.165, 1.54) is 24.2 Å². The van der Waals surface area contributed by atoms with Gasteiger partial charge >= 0.3 is 0 Å². The highest BCUT2D eigenvalue weighted by atomic mass is 28.3. The van der Waals surface area contributed by atoms with Gasteiger partial charge in [-0.3, -0.25) is 0 Å². The number of rotatable bonds is 0. The van der Waals surface area contributed by atoms with E-state index in [9.17, 15) is 0 Å². The molecular weight excluding hydrogens is 176 g/mol. The van der Waals surface area contributed by atoms with Crippen molar-refractivity contribution in [2.24, 2.45) is 23.3 Å². The van der Waals surface area contributed by atoms with Crippen LogP contribution >= 0.6 is 0 Å². The molecule has 0 saturated carbocycles. The molecule has 76 valence electrons. The Balaban J connectivity index is 2.08. The maximum atomic E-state index is 6.12. The molecule has 0 aromatic carbocycles. The topological polar surface area (TPSA) is 52.0 Å². The van der Waals surface area contributed by atoms with Gasteiger partial charge in [0.15, 0.2) is 0 Å². The Labute approximate surface area is 82.1 Å². The van der Waals surface area contributed by atoms with Crippen LogP contribution in [0.2, 0.25) is 24.2 Å². The van der Waals surface area contributed by atoms with Crippen LogP contribution in [0.5, 0.6) is 0 Å². The van der Waals surface area contributed by atoms with Crippen LogP contribution in [0.3, 0.4) is 0 Å². The molecule has 4 N–H and O–H groups in total. The Bertz CT molecular complexity index is 162. The van der Waals surface area contributed by atoms with Gasteiger partial charge in [-0.15, -0.1) is 0 Å². The second kappa shape index (κ2) is 3.07. The standard InChI is InChI=1S/C10H22N2Si/c1-7-3-13(5-9(7)11)4-8(2)10(12)6-13/h7-10H,3-6,11-12H2,1-2H3. The molecule has 0 aromatic rings. The second-order valence-electron chi connectivity index (χ2n) is 5.60. The maximum absolute atomic E-state index is 6.12. The highest BCUT2D eigenvalue weighted by Crippen LogP contribution is 2.47. The molecule has 0 amide bonds. The van der Waals surface area contributed by atoms with E-state index in [0.717, 1.165) is 11.8 Å². The largest absolute Gasteiger partial charge is 0.328 e. The molecule has 2 aliphatic rings. The van der Waals surface area contributed by atoms with Crippen LogP contribution in [0.15, 0.2) is 0 Å². The highest BCUT2D eigenvalue weighted by Gasteiger charge is 2.49. The van der Waals surface area contributed by atoms with Crippen molar-refractivity contribution in [3.8, 4) is 0 Å². The molecule has 2 heterocycles. The van der Waals surface area contributed by atoms with Crippen LogP contribution in [-0.2, 0) is 0 Å². The smallest absolute Gasteiger partial charge is 0.0572 e. The summed E-state index contributed by atoms with van der Waals surface area (Å²) in [5.74, 6) is 1.54. The van der Waals surface area contributed by atoms with Crippen molar-refractivity contribution < 1.29 is 0 Å². The van der Waals surface area contributed by atoms with E-state index in [-0.39, 0.29) is 0 Å². The lowest BCUT2D eigenvalue weighted by atomic mass is 10.1. The van der Waals surface area contributed by atoms with E-state index in [1.54, 1.807) is 0 Å². The Morgan fingerprint density at radius 2 is 1.23 bits per heavy atom. The fourth-order valence-corrected chi connectivity index (χ4v) is 10.7. The third-order valence-electron chi connectivity index (χ3n) is 4.31. The first-order valence-corrected chi connectivity index (χ1v) is 8.36. The van der Waals surface area contributed by atoms with Gasteiger partial charge < -0.3 is 11.5 Å². The van der Waals surface area contributed by atoms with Crippen molar-refractivity contribution in [1.82, 2.24) is 0 Å². The second-order valence-corrected chi connectivity index (χ2v) is 10.2. The Morgan fingerprint density at radius 1 is 0.846 bits per heavy atom. The molecule has 4 unspecified atom stereocenters. The summed E-state index contributed by atoms with van der Waals surface area (Å²) in [7, 11) is -0.971. The van der Waals surface area contributed by atoms with Crippen molar-refractivity contribution in [3.63, 3.8) is 0 Å². The Hall–Kier alpha value is 0.137. The molecule has 0 bridgehead atoms. The van der Waals surface area contributed by atoms with Crippen LogP contribution in [0.1, 0.15) is 13.8 Å². The van der Waals surface area contributed by atoms with E-state index in [1.807, 2.05) is 0 Å². The first-order valence-electron chi connectivity index (χ1n) is 5.54.